The van der Waals surface area contributed by atoms with Gasteiger partial charge in [0.15, 0.2) is 11.5 Å². The van der Waals surface area contributed by atoms with Crippen molar-refractivity contribution in [1.82, 2.24) is 10.6 Å². The van der Waals surface area contributed by atoms with Crippen LogP contribution in [0.4, 0.5) is 0 Å². The molecular formula is C16H23N3O7. The SMILES string of the molecule is NCCCCC(NC(=O)c1cccc(O)c1O)C(=O)NC(CO)C(=O)O. The number of unbranched alkanes of at least 4 members (excludes halogenated alkanes) is 1. The number of nitrogens with one attached hydrogen (secondary N) is 2. The highest BCUT2D eigenvalue weighted by molar-refractivity contribution is 6.00. The van der Waals surface area contributed by atoms with Gasteiger partial charge >= 0.3 is 5.97 Å². The number of aromatic hydroxyl groups is 2. The molecule has 0 saturated carbocycles. The van der Waals surface area contributed by atoms with Gasteiger partial charge in [-0.2, -0.15) is 0 Å². The summed E-state index contributed by atoms with van der Waals surface area (Å²) in [6.07, 6.45) is 1.24. The second-order valence-corrected chi connectivity index (χ2v) is 5.57. The normalized spacial score (nSPS) is 12.8. The fraction of sp³-hybridized carbons (Fsp3) is 0.438. The van der Waals surface area contributed by atoms with Gasteiger partial charge in [-0.1, -0.05) is 6.07 Å². The lowest BCUT2D eigenvalue weighted by molar-refractivity contribution is -0.143. The van der Waals surface area contributed by atoms with E-state index in [0.29, 0.717) is 19.4 Å². The largest absolute Gasteiger partial charge is 0.504 e. The van der Waals surface area contributed by atoms with E-state index in [0.717, 1.165) is 0 Å². The Hall–Kier alpha value is -2.85. The van der Waals surface area contributed by atoms with Gasteiger partial charge in [-0.3, -0.25) is 9.59 Å². The first-order valence-corrected chi connectivity index (χ1v) is 7.97. The number of carboxylic acid groups (broad SMARTS) is 1. The molecule has 10 heteroatoms. The van der Waals surface area contributed by atoms with Gasteiger partial charge in [-0.05, 0) is 37.9 Å². The van der Waals surface area contributed by atoms with Crippen LogP contribution in [0.15, 0.2) is 18.2 Å². The number of benzene rings is 1. The Kier molecular flexibility index (Phi) is 8.32. The van der Waals surface area contributed by atoms with Crippen molar-refractivity contribution >= 4 is 17.8 Å². The zero-order valence-corrected chi connectivity index (χ0v) is 14.0. The van der Waals surface area contributed by atoms with Crippen LogP contribution in [0.2, 0.25) is 0 Å². The number of carboxylic acids is 1. The molecular weight excluding hydrogens is 346 g/mol. The predicted molar refractivity (Wildman–Crippen MR) is 90.6 cm³/mol. The van der Waals surface area contributed by atoms with Crippen LogP contribution >= 0.6 is 0 Å². The molecule has 1 rings (SSSR count). The number of phenols is 2. The maximum atomic E-state index is 12.3. The van der Waals surface area contributed by atoms with Crippen molar-refractivity contribution in [2.24, 2.45) is 5.73 Å². The van der Waals surface area contributed by atoms with E-state index in [1.54, 1.807) is 0 Å². The van der Waals surface area contributed by atoms with Gasteiger partial charge in [0.05, 0.1) is 12.2 Å². The van der Waals surface area contributed by atoms with E-state index in [4.69, 9.17) is 15.9 Å². The number of aliphatic hydroxyl groups is 1. The zero-order valence-electron chi connectivity index (χ0n) is 14.0. The van der Waals surface area contributed by atoms with Crippen LogP contribution in [0.1, 0.15) is 29.6 Å². The van der Waals surface area contributed by atoms with Crippen LogP contribution in [0, 0.1) is 0 Å². The first kappa shape index (κ1) is 21.2. The highest BCUT2D eigenvalue weighted by Gasteiger charge is 2.27. The van der Waals surface area contributed by atoms with E-state index >= 15 is 0 Å². The summed E-state index contributed by atoms with van der Waals surface area (Å²) in [7, 11) is 0. The van der Waals surface area contributed by atoms with Gasteiger partial charge < -0.3 is 36.8 Å². The Labute approximate surface area is 149 Å². The predicted octanol–water partition coefficient (Wildman–Crippen LogP) is -1.11. The molecule has 2 amide bonds. The topological polar surface area (TPSA) is 182 Å². The maximum absolute atomic E-state index is 12.3. The molecule has 1 aromatic rings. The third kappa shape index (κ3) is 5.90. The molecule has 0 spiro atoms. The van der Waals surface area contributed by atoms with Crippen molar-refractivity contribution < 1.29 is 34.8 Å². The molecule has 0 aliphatic carbocycles. The van der Waals surface area contributed by atoms with Gasteiger partial charge in [0, 0.05) is 0 Å². The molecule has 2 unspecified atom stereocenters. The highest BCUT2D eigenvalue weighted by atomic mass is 16.4. The molecule has 8 N–H and O–H groups in total. The van der Waals surface area contributed by atoms with Gasteiger partial charge in [0.2, 0.25) is 5.91 Å². The number of carbonyl (C=O) groups is 3. The van der Waals surface area contributed by atoms with Crippen molar-refractivity contribution in [3.8, 4) is 11.5 Å². The lowest BCUT2D eigenvalue weighted by Crippen LogP contribution is -2.52. The third-order valence-corrected chi connectivity index (χ3v) is 3.63. The number of carbonyl (C=O) groups excluding carboxylic acids is 2. The molecule has 2 atom stereocenters. The lowest BCUT2D eigenvalue weighted by Gasteiger charge is -2.21. The van der Waals surface area contributed by atoms with Crippen molar-refractivity contribution in [2.75, 3.05) is 13.2 Å². The van der Waals surface area contributed by atoms with Crippen LogP contribution in [-0.4, -0.2) is 63.4 Å². The van der Waals surface area contributed by atoms with Crippen molar-refractivity contribution in [1.29, 1.82) is 0 Å². The van der Waals surface area contributed by atoms with Gasteiger partial charge in [0.25, 0.3) is 5.91 Å². The quantitative estimate of drug-likeness (QED) is 0.200. The molecule has 0 aromatic heterocycles. The number of aliphatic hydroxyl groups excluding tert-OH is 1. The van der Waals surface area contributed by atoms with Crippen molar-refractivity contribution in [3.05, 3.63) is 23.8 Å². The van der Waals surface area contributed by atoms with E-state index in [1.165, 1.54) is 18.2 Å². The summed E-state index contributed by atoms with van der Waals surface area (Å²) in [5.41, 5.74) is 5.16. The molecule has 1 aromatic carbocycles. The Bertz CT molecular complexity index is 651. The minimum absolute atomic E-state index is 0.173. The minimum atomic E-state index is -1.51. The van der Waals surface area contributed by atoms with E-state index in [-0.39, 0.29) is 12.0 Å². The molecule has 26 heavy (non-hydrogen) atoms. The summed E-state index contributed by atoms with van der Waals surface area (Å²) in [6, 6.07) is 1.18. The standard InChI is InChI=1S/C16H23N3O7/c17-7-2-1-5-10(15(24)19-11(8-20)16(25)26)18-14(23)9-4-3-6-12(21)13(9)22/h3-4,6,10-11,20-22H,1-2,5,7-8,17H2,(H,18,23)(H,19,24)(H,25,26). The molecule has 0 saturated heterocycles. The van der Waals surface area contributed by atoms with Crippen LogP contribution < -0.4 is 16.4 Å². The smallest absolute Gasteiger partial charge is 0.328 e. The average Bonchev–Trinajstić information content (AvgIpc) is 2.60. The summed E-state index contributed by atoms with van der Waals surface area (Å²) in [4.78, 5) is 35.5. The number of hydrogen-bond acceptors (Lipinski definition) is 7. The molecule has 0 fully saturated rings. The van der Waals surface area contributed by atoms with E-state index < -0.39 is 48.0 Å². The highest BCUT2D eigenvalue weighted by Crippen LogP contribution is 2.28. The van der Waals surface area contributed by atoms with E-state index in [2.05, 4.69) is 10.6 Å². The van der Waals surface area contributed by atoms with Gasteiger partial charge in [-0.15, -0.1) is 0 Å². The maximum Gasteiger partial charge on any atom is 0.328 e. The lowest BCUT2D eigenvalue weighted by atomic mass is 10.1. The summed E-state index contributed by atoms with van der Waals surface area (Å²) in [6.45, 7) is -0.429. The fourth-order valence-electron chi connectivity index (χ4n) is 2.17. The number of rotatable bonds is 10. The van der Waals surface area contributed by atoms with Crippen LogP contribution in [0.3, 0.4) is 0 Å². The van der Waals surface area contributed by atoms with Gasteiger partial charge in [0.1, 0.15) is 12.1 Å². The fourth-order valence-corrected chi connectivity index (χ4v) is 2.17. The number of para-hydroxylation sites is 1. The Morgan fingerprint density at radius 1 is 1.08 bits per heavy atom. The first-order chi connectivity index (χ1) is 12.3. The van der Waals surface area contributed by atoms with E-state index in [1.807, 2.05) is 0 Å². The Morgan fingerprint density at radius 3 is 2.35 bits per heavy atom. The van der Waals surface area contributed by atoms with Gasteiger partial charge in [-0.25, -0.2) is 4.79 Å². The Balaban J connectivity index is 2.91. The molecule has 0 heterocycles. The molecule has 0 aliphatic heterocycles. The first-order valence-electron chi connectivity index (χ1n) is 7.97. The molecule has 0 aliphatic rings. The molecule has 144 valence electrons. The number of amides is 2. The zero-order chi connectivity index (χ0) is 19.7. The monoisotopic (exact) mass is 369 g/mol. The summed E-state index contributed by atoms with van der Waals surface area (Å²) < 4.78 is 0. The second-order valence-electron chi connectivity index (χ2n) is 5.57. The minimum Gasteiger partial charge on any atom is -0.504 e. The summed E-state index contributed by atoms with van der Waals surface area (Å²) in [5, 5.41) is 41.6. The molecule has 0 bridgehead atoms. The molecule has 10 nitrogen and oxygen atoms in total. The van der Waals surface area contributed by atoms with E-state index in [9.17, 15) is 24.6 Å². The van der Waals surface area contributed by atoms with Crippen LogP contribution in [-0.2, 0) is 9.59 Å². The second kappa shape index (κ2) is 10.2. The number of nitrogens with two attached hydrogens (primary N) is 1. The summed E-state index contributed by atoms with van der Waals surface area (Å²) in [5.74, 6) is -4.16. The Morgan fingerprint density at radius 2 is 1.77 bits per heavy atom. The number of hydrogen-bond donors (Lipinski definition) is 7. The average molecular weight is 369 g/mol. The van der Waals surface area contributed by atoms with Crippen LogP contribution in [0.5, 0.6) is 11.5 Å². The van der Waals surface area contributed by atoms with Crippen LogP contribution in [0.25, 0.3) is 0 Å². The number of phenolic OH excluding ortho intramolecular Hbond substituents is 2. The third-order valence-electron chi connectivity index (χ3n) is 3.63. The summed E-state index contributed by atoms with van der Waals surface area (Å²) >= 11 is 0. The van der Waals surface area contributed by atoms with Crippen molar-refractivity contribution in [2.45, 2.75) is 31.3 Å². The van der Waals surface area contributed by atoms with Crippen molar-refractivity contribution in [3.63, 3.8) is 0 Å². The number of aliphatic carboxylic acids is 1. The molecule has 0 radical (unpaired) electrons.